The van der Waals surface area contributed by atoms with Crippen LogP contribution in [0.1, 0.15) is 21.6 Å². The van der Waals surface area contributed by atoms with Crippen molar-refractivity contribution in [3.8, 4) is 0 Å². The van der Waals surface area contributed by atoms with Gasteiger partial charge in [0.1, 0.15) is 0 Å². The van der Waals surface area contributed by atoms with Gasteiger partial charge in [-0.1, -0.05) is 23.7 Å². The Hall–Kier alpha value is -2.60. The molecule has 0 aliphatic carbocycles. The first-order valence-electron chi connectivity index (χ1n) is 7.10. The van der Waals surface area contributed by atoms with Crippen molar-refractivity contribution >= 4 is 23.2 Å². The van der Waals surface area contributed by atoms with Crippen molar-refractivity contribution in [1.82, 2.24) is 19.6 Å². The van der Waals surface area contributed by atoms with Crippen molar-refractivity contribution in [2.24, 2.45) is 7.05 Å². The van der Waals surface area contributed by atoms with Crippen molar-refractivity contribution in [2.45, 2.75) is 13.5 Å². The summed E-state index contributed by atoms with van der Waals surface area (Å²) >= 11 is 5.87. The number of rotatable bonds is 4. The largest absolute Gasteiger partial charge is 0.319 e. The summed E-state index contributed by atoms with van der Waals surface area (Å²) in [6.45, 7) is 2.41. The Morgan fingerprint density at radius 3 is 2.65 bits per heavy atom. The van der Waals surface area contributed by atoms with Gasteiger partial charge < -0.3 is 5.32 Å². The van der Waals surface area contributed by atoms with Crippen molar-refractivity contribution in [3.63, 3.8) is 0 Å². The highest BCUT2D eigenvalue weighted by Gasteiger charge is 2.13. The topological polar surface area (TPSA) is 64.7 Å². The number of benzene rings is 1. The predicted octanol–water partition coefficient (Wildman–Crippen LogP) is 2.88. The lowest BCUT2D eigenvalue weighted by Gasteiger charge is -2.02. The first kappa shape index (κ1) is 15.3. The zero-order valence-electron chi connectivity index (χ0n) is 12.8. The quantitative estimate of drug-likeness (QED) is 0.800. The van der Waals surface area contributed by atoms with Crippen LogP contribution in [0.2, 0.25) is 5.02 Å². The van der Waals surface area contributed by atoms with E-state index in [4.69, 9.17) is 11.6 Å². The number of anilines is 1. The molecular weight excluding hydrogens is 314 g/mol. The van der Waals surface area contributed by atoms with Gasteiger partial charge in [0.15, 0.2) is 0 Å². The lowest BCUT2D eigenvalue weighted by atomic mass is 10.2. The highest BCUT2D eigenvalue weighted by Crippen LogP contribution is 2.13. The number of nitrogens with zero attached hydrogens (tertiary/aromatic N) is 4. The summed E-state index contributed by atoms with van der Waals surface area (Å²) in [5, 5.41) is 12.0. The van der Waals surface area contributed by atoms with Crippen LogP contribution in [0.25, 0.3) is 0 Å². The summed E-state index contributed by atoms with van der Waals surface area (Å²) in [4.78, 5) is 12.2. The van der Waals surface area contributed by atoms with Crippen LogP contribution in [0.3, 0.4) is 0 Å². The Labute approximate surface area is 138 Å². The zero-order chi connectivity index (χ0) is 16.4. The molecule has 0 saturated carbocycles. The molecule has 0 aliphatic heterocycles. The number of hydrogen-bond donors (Lipinski definition) is 1. The molecule has 3 aromatic rings. The van der Waals surface area contributed by atoms with E-state index in [2.05, 4.69) is 15.5 Å². The van der Waals surface area contributed by atoms with Crippen molar-refractivity contribution in [2.75, 3.05) is 5.32 Å². The van der Waals surface area contributed by atoms with E-state index in [1.54, 1.807) is 41.9 Å². The van der Waals surface area contributed by atoms with E-state index in [-0.39, 0.29) is 5.91 Å². The van der Waals surface area contributed by atoms with Crippen molar-refractivity contribution in [3.05, 3.63) is 64.7 Å². The van der Waals surface area contributed by atoms with E-state index in [9.17, 15) is 4.79 Å². The van der Waals surface area contributed by atoms with Gasteiger partial charge in [0, 0.05) is 24.5 Å². The van der Waals surface area contributed by atoms with E-state index in [0.29, 0.717) is 28.5 Å². The zero-order valence-corrected chi connectivity index (χ0v) is 13.6. The summed E-state index contributed by atoms with van der Waals surface area (Å²) in [5.74, 6) is -0.193. The second kappa shape index (κ2) is 6.26. The van der Waals surface area contributed by atoms with Gasteiger partial charge in [0.05, 0.1) is 29.7 Å². The molecule has 0 spiro atoms. The number of nitrogens with one attached hydrogen (secondary N) is 1. The summed E-state index contributed by atoms with van der Waals surface area (Å²) < 4.78 is 3.38. The molecule has 0 radical (unpaired) electrons. The molecule has 2 heterocycles. The highest BCUT2D eigenvalue weighted by atomic mass is 35.5. The number of carbonyl (C=O) groups excluding carboxylic acids is 1. The maximum atomic E-state index is 12.2. The first-order valence-corrected chi connectivity index (χ1v) is 7.47. The second-order valence-electron chi connectivity index (χ2n) is 5.31. The van der Waals surface area contributed by atoms with Gasteiger partial charge in [-0.05, 0) is 24.6 Å². The van der Waals surface area contributed by atoms with E-state index >= 15 is 0 Å². The van der Waals surface area contributed by atoms with E-state index < -0.39 is 0 Å². The first-order chi connectivity index (χ1) is 11.0. The average Bonchev–Trinajstić information content (AvgIpc) is 3.07. The molecule has 0 bridgehead atoms. The van der Waals surface area contributed by atoms with Crippen LogP contribution in [0.4, 0.5) is 5.69 Å². The van der Waals surface area contributed by atoms with Gasteiger partial charge in [-0.25, -0.2) is 0 Å². The van der Waals surface area contributed by atoms with Gasteiger partial charge in [-0.15, -0.1) is 0 Å². The molecule has 23 heavy (non-hydrogen) atoms. The van der Waals surface area contributed by atoms with Crippen LogP contribution in [0.5, 0.6) is 0 Å². The van der Waals surface area contributed by atoms with Gasteiger partial charge in [-0.3, -0.25) is 14.2 Å². The Morgan fingerprint density at radius 2 is 2.00 bits per heavy atom. The van der Waals surface area contributed by atoms with Crippen LogP contribution in [0.15, 0.2) is 42.9 Å². The fraction of sp³-hybridized carbons (Fsp3) is 0.188. The van der Waals surface area contributed by atoms with Crippen LogP contribution in [-0.4, -0.2) is 25.5 Å². The lowest BCUT2D eigenvalue weighted by Crippen LogP contribution is -2.12. The van der Waals surface area contributed by atoms with Crippen LogP contribution in [0, 0.1) is 6.92 Å². The maximum Gasteiger partial charge on any atom is 0.259 e. The molecule has 3 rings (SSSR count). The number of aryl methyl sites for hydroxylation is 2. The molecule has 2 aromatic heterocycles. The van der Waals surface area contributed by atoms with Crippen LogP contribution < -0.4 is 5.32 Å². The Bertz CT molecular complexity index is 835. The highest BCUT2D eigenvalue weighted by molar-refractivity contribution is 6.30. The molecule has 1 amide bonds. The molecule has 6 nitrogen and oxygen atoms in total. The van der Waals surface area contributed by atoms with Crippen LogP contribution >= 0.6 is 11.6 Å². The van der Waals surface area contributed by atoms with E-state index in [1.165, 1.54) is 0 Å². The minimum atomic E-state index is -0.193. The van der Waals surface area contributed by atoms with Gasteiger partial charge in [-0.2, -0.15) is 10.2 Å². The minimum Gasteiger partial charge on any atom is -0.319 e. The standard InChI is InChI=1S/C16H16ClN5O/c1-11-15(10-21(2)20-11)16(23)19-14-7-18-22(9-14)8-12-3-5-13(17)6-4-12/h3-7,9-10H,8H2,1-2H3,(H,19,23). The SMILES string of the molecule is Cc1nn(C)cc1C(=O)Nc1cnn(Cc2ccc(Cl)cc2)c1. The Morgan fingerprint density at radius 1 is 1.26 bits per heavy atom. The Kier molecular flexibility index (Phi) is 4.16. The molecule has 1 aromatic carbocycles. The molecule has 0 aliphatic rings. The number of carbonyl (C=O) groups is 1. The molecule has 1 N–H and O–H groups in total. The van der Waals surface area contributed by atoms with Crippen molar-refractivity contribution < 1.29 is 4.79 Å². The van der Waals surface area contributed by atoms with Crippen LogP contribution in [-0.2, 0) is 13.6 Å². The number of aromatic nitrogens is 4. The minimum absolute atomic E-state index is 0.193. The third-order valence-corrected chi connectivity index (χ3v) is 3.66. The molecule has 118 valence electrons. The number of amides is 1. The molecular formula is C16H16ClN5O. The summed E-state index contributed by atoms with van der Waals surface area (Å²) in [7, 11) is 1.79. The monoisotopic (exact) mass is 329 g/mol. The summed E-state index contributed by atoms with van der Waals surface area (Å²) in [5.41, 5.74) is 2.97. The number of hydrogen-bond acceptors (Lipinski definition) is 3. The maximum absolute atomic E-state index is 12.2. The van der Waals surface area contributed by atoms with Gasteiger partial charge >= 0.3 is 0 Å². The summed E-state index contributed by atoms with van der Waals surface area (Å²) in [6.07, 6.45) is 5.11. The molecule has 0 saturated heterocycles. The second-order valence-corrected chi connectivity index (χ2v) is 5.75. The molecule has 7 heteroatoms. The smallest absolute Gasteiger partial charge is 0.259 e. The molecule has 0 unspecified atom stereocenters. The Balaban J connectivity index is 1.68. The average molecular weight is 330 g/mol. The number of halogens is 1. The molecule has 0 fully saturated rings. The third-order valence-electron chi connectivity index (χ3n) is 3.41. The molecule has 0 atom stereocenters. The predicted molar refractivity (Wildman–Crippen MR) is 88.7 cm³/mol. The fourth-order valence-electron chi connectivity index (χ4n) is 2.31. The normalized spacial score (nSPS) is 10.7. The fourth-order valence-corrected chi connectivity index (χ4v) is 2.44. The van der Waals surface area contributed by atoms with Gasteiger partial charge in [0.2, 0.25) is 0 Å². The van der Waals surface area contributed by atoms with E-state index in [1.807, 2.05) is 24.3 Å². The van der Waals surface area contributed by atoms with E-state index in [0.717, 1.165) is 5.56 Å². The lowest BCUT2D eigenvalue weighted by molar-refractivity contribution is 0.102. The van der Waals surface area contributed by atoms with Gasteiger partial charge in [0.25, 0.3) is 5.91 Å². The summed E-state index contributed by atoms with van der Waals surface area (Å²) in [6, 6.07) is 7.57. The third kappa shape index (κ3) is 3.60. The van der Waals surface area contributed by atoms with Crippen molar-refractivity contribution in [1.29, 1.82) is 0 Å².